The van der Waals surface area contributed by atoms with Crippen molar-refractivity contribution in [3.8, 4) is 17.1 Å². The number of amides is 1. The fourth-order valence-electron chi connectivity index (χ4n) is 3.00. The van der Waals surface area contributed by atoms with Gasteiger partial charge in [0.05, 0.1) is 11.0 Å². The van der Waals surface area contributed by atoms with Gasteiger partial charge < -0.3 is 15.4 Å². The predicted molar refractivity (Wildman–Crippen MR) is 106 cm³/mol. The zero-order valence-electron chi connectivity index (χ0n) is 14.6. The van der Waals surface area contributed by atoms with Crippen LogP contribution in [0, 0.1) is 0 Å². The molecule has 134 valence electrons. The van der Waals surface area contributed by atoms with Gasteiger partial charge in [-0.2, -0.15) is 0 Å². The number of phenolic OH excluding ortho intramolecular Hbond substituents is 1. The van der Waals surface area contributed by atoms with Crippen LogP contribution in [-0.4, -0.2) is 27.5 Å². The van der Waals surface area contributed by atoms with Gasteiger partial charge in [0.15, 0.2) is 0 Å². The maximum absolute atomic E-state index is 12.4. The van der Waals surface area contributed by atoms with Gasteiger partial charge >= 0.3 is 0 Å². The molecule has 4 rings (SSSR count). The molecule has 0 aliphatic carbocycles. The van der Waals surface area contributed by atoms with Gasteiger partial charge in [0.25, 0.3) is 5.91 Å². The Morgan fingerprint density at radius 1 is 1.00 bits per heavy atom. The Hall–Kier alpha value is -3.60. The van der Waals surface area contributed by atoms with Crippen LogP contribution in [0.1, 0.15) is 15.9 Å². The first-order chi connectivity index (χ1) is 13.2. The van der Waals surface area contributed by atoms with Gasteiger partial charge in [0.1, 0.15) is 11.6 Å². The van der Waals surface area contributed by atoms with E-state index in [1.165, 1.54) is 5.56 Å². The number of phenols is 1. The van der Waals surface area contributed by atoms with Gasteiger partial charge in [-0.15, -0.1) is 0 Å². The molecule has 5 nitrogen and oxygen atoms in total. The van der Waals surface area contributed by atoms with Crippen LogP contribution in [0.15, 0.2) is 72.8 Å². The van der Waals surface area contributed by atoms with E-state index in [1.807, 2.05) is 42.5 Å². The second kappa shape index (κ2) is 7.33. The van der Waals surface area contributed by atoms with Crippen LogP contribution in [0.4, 0.5) is 0 Å². The number of fused-ring (bicyclic) bond motifs is 1. The normalized spacial score (nSPS) is 10.8. The molecule has 1 heterocycles. The average molecular weight is 357 g/mol. The first-order valence-electron chi connectivity index (χ1n) is 8.80. The third-order valence-electron chi connectivity index (χ3n) is 4.41. The third kappa shape index (κ3) is 3.82. The molecule has 0 saturated heterocycles. The number of carbonyl (C=O) groups excluding carboxylic acids is 1. The van der Waals surface area contributed by atoms with Crippen molar-refractivity contribution < 1.29 is 9.90 Å². The number of nitrogens with one attached hydrogen (secondary N) is 2. The van der Waals surface area contributed by atoms with Crippen molar-refractivity contribution in [2.24, 2.45) is 0 Å². The van der Waals surface area contributed by atoms with E-state index in [2.05, 4.69) is 15.3 Å². The molecule has 1 amide bonds. The summed E-state index contributed by atoms with van der Waals surface area (Å²) < 4.78 is 0. The molecule has 0 aliphatic heterocycles. The minimum absolute atomic E-state index is 0.116. The molecule has 0 atom stereocenters. The lowest BCUT2D eigenvalue weighted by atomic mass is 10.1. The summed E-state index contributed by atoms with van der Waals surface area (Å²) in [5, 5.41) is 12.6. The number of hydrogen-bond donors (Lipinski definition) is 3. The molecule has 0 radical (unpaired) electrons. The first kappa shape index (κ1) is 16.8. The van der Waals surface area contributed by atoms with Crippen molar-refractivity contribution in [1.82, 2.24) is 15.3 Å². The van der Waals surface area contributed by atoms with E-state index in [0.717, 1.165) is 17.5 Å². The van der Waals surface area contributed by atoms with E-state index in [0.29, 0.717) is 23.4 Å². The van der Waals surface area contributed by atoms with Crippen LogP contribution in [0.5, 0.6) is 5.75 Å². The van der Waals surface area contributed by atoms with Crippen LogP contribution in [0.25, 0.3) is 22.4 Å². The summed E-state index contributed by atoms with van der Waals surface area (Å²) in [6.07, 6.45) is 0.791. The molecular formula is C22H19N3O2. The zero-order chi connectivity index (χ0) is 18.6. The Balaban J connectivity index is 1.48. The molecule has 0 saturated carbocycles. The number of aromatic hydroxyl groups is 1. The van der Waals surface area contributed by atoms with Crippen LogP contribution in [0.3, 0.4) is 0 Å². The SMILES string of the molecule is O=C(NCCc1ccccc1)c1ccc2[nH]c(-c3cccc(O)c3)nc2c1. The third-order valence-corrected chi connectivity index (χ3v) is 4.41. The molecule has 0 aliphatic rings. The number of rotatable bonds is 5. The molecule has 0 bridgehead atoms. The molecule has 0 spiro atoms. The molecule has 5 heteroatoms. The average Bonchev–Trinajstić information content (AvgIpc) is 3.12. The molecule has 3 N–H and O–H groups in total. The molecule has 4 aromatic rings. The number of hydrogen-bond acceptors (Lipinski definition) is 3. The quantitative estimate of drug-likeness (QED) is 0.507. The van der Waals surface area contributed by atoms with Crippen molar-refractivity contribution >= 4 is 16.9 Å². The highest BCUT2D eigenvalue weighted by molar-refractivity contribution is 5.97. The second-order valence-electron chi connectivity index (χ2n) is 6.36. The summed E-state index contributed by atoms with van der Waals surface area (Å²) in [7, 11) is 0. The van der Waals surface area contributed by atoms with Crippen LogP contribution >= 0.6 is 0 Å². The number of aromatic nitrogens is 2. The van der Waals surface area contributed by atoms with Crippen LogP contribution in [-0.2, 0) is 6.42 Å². The summed E-state index contributed by atoms with van der Waals surface area (Å²) in [5.41, 5.74) is 4.11. The van der Waals surface area contributed by atoms with Crippen molar-refractivity contribution in [2.75, 3.05) is 6.54 Å². The van der Waals surface area contributed by atoms with Gasteiger partial charge in [0, 0.05) is 17.7 Å². The number of H-pyrrole nitrogens is 1. The van der Waals surface area contributed by atoms with E-state index >= 15 is 0 Å². The number of imidazole rings is 1. The Labute approximate surface area is 156 Å². The summed E-state index contributed by atoms with van der Waals surface area (Å²) in [4.78, 5) is 20.2. The fraction of sp³-hybridized carbons (Fsp3) is 0.0909. The second-order valence-corrected chi connectivity index (χ2v) is 6.36. The predicted octanol–water partition coefficient (Wildman–Crippen LogP) is 3.91. The molecular weight excluding hydrogens is 338 g/mol. The Kier molecular flexibility index (Phi) is 4.58. The van der Waals surface area contributed by atoms with Gasteiger partial charge in [-0.25, -0.2) is 4.98 Å². The maximum atomic E-state index is 12.4. The first-order valence-corrected chi connectivity index (χ1v) is 8.80. The maximum Gasteiger partial charge on any atom is 0.251 e. The summed E-state index contributed by atoms with van der Waals surface area (Å²) in [6.45, 7) is 0.579. The van der Waals surface area contributed by atoms with Gasteiger partial charge in [-0.1, -0.05) is 42.5 Å². The smallest absolute Gasteiger partial charge is 0.251 e. The lowest BCUT2D eigenvalue weighted by Crippen LogP contribution is -2.25. The van der Waals surface area contributed by atoms with E-state index in [1.54, 1.807) is 30.3 Å². The molecule has 0 unspecified atom stereocenters. The molecule has 3 aromatic carbocycles. The number of nitrogens with zero attached hydrogens (tertiary/aromatic N) is 1. The monoisotopic (exact) mass is 357 g/mol. The highest BCUT2D eigenvalue weighted by atomic mass is 16.3. The highest BCUT2D eigenvalue weighted by Gasteiger charge is 2.10. The topological polar surface area (TPSA) is 78.0 Å². The Morgan fingerprint density at radius 3 is 2.67 bits per heavy atom. The lowest BCUT2D eigenvalue weighted by molar-refractivity contribution is 0.0954. The largest absolute Gasteiger partial charge is 0.508 e. The molecule has 1 aromatic heterocycles. The fourth-order valence-corrected chi connectivity index (χ4v) is 3.00. The molecule has 27 heavy (non-hydrogen) atoms. The molecule has 0 fully saturated rings. The van der Waals surface area contributed by atoms with Gasteiger partial charge in [-0.3, -0.25) is 4.79 Å². The van der Waals surface area contributed by atoms with Gasteiger partial charge in [0.2, 0.25) is 0 Å². The van der Waals surface area contributed by atoms with E-state index in [4.69, 9.17) is 0 Å². The number of carbonyl (C=O) groups is 1. The minimum atomic E-state index is -0.116. The zero-order valence-corrected chi connectivity index (χ0v) is 14.6. The lowest BCUT2D eigenvalue weighted by Gasteiger charge is -2.05. The number of aromatic amines is 1. The van der Waals surface area contributed by atoms with Crippen molar-refractivity contribution in [2.45, 2.75) is 6.42 Å². The highest BCUT2D eigenvalue weighted by Crippen LogP contribution is 2.24. The van der Waals surface area contributed by atoms with Crippen LogP contribution < -0.4 is 5.32 Å². The van der Waals surface area contributed by atoms with Crippen molar-refractivity contribution in [3.63, 3.8) is 0 Å². The Morgan fingerprint density at radius 2 is 1.85 bits per heavy atom. The van der Waals surface area contributed by atoms with E-state index in [9.17, 15) is 9.90 Å². The van der Waals surface area contributed by atoms with E-state index in [-0.39, 0.29) is 11.7 Å². The van der Waals surface area contributed by atoms with Crippen LogP contribution in [0.2, 0.25) is 0 Å². The van der Waals surface area contributed by atoms with Crippen molar-refractivity contribution in [1.29, 1.82) is 0 Å². The standard InChI is InChI=1S/C22H19N3O2/c26-18-8-4-7-16(13-18)21-24-19-10-9-17(14-20(19)25-21)22(27)23-12-11-15-5-2-1-3-6-15/h1-10,13-14,26H,11-12H2,(H,23,27)(H,24,25). The number of benzene rings is 3. The Bertz CT molecular complexity index is 1090. The minimum Gasteiger partial charge on any atom is -0.508 e. The van der Waals surface area contributed by atoms with E-state index < -0.39 is 0 Å². The van der Waals surface area contributed by atoms with Crippen molar-refractivity contribution in [3.05, 3.63) is 83.9 Å². The summed E-state index contributed by atoms with van der Waals surface area (Å²) in [5.74, 6) is 0.726. The summed E-state index contributed by atoms with van der Waals surface area (Å²) >= 11 is 0. The summed E-state index contributed by atoms with van der Waals surface area (Å²) in [6, 6.07) is 22.4. The van der Waals surface area contributed by atoms with Gasteiger partial charge in [-0.05, 0) is 42.3 Å².